The van der Waals surface area contributed by atoms with Crippen molar-refractivity contribution in [2.24, 2.45) is 0 Å². The normalized spacial score (nSPS) is 10.4. The van der Waals surface area contributed by atoms with E-state index in [0.717, 1.165) is 0 Å². The van der Waals surface area contributed by atoms with Crippen LogP contribution in [0.2, 0.25) is 0 Å². The van der Waals surface area contributed by atoms with Crippen LogP contribution in [0.5, 0.6) is 11.5 Å². The molecule has 1 heterocycles. The van der Waals surface area contributed by atoms with Crippen molar-refractivity contribution >= 4 is 17.7 Å². The lowest BCUT2D eigenvalue weighted by Gasteiger charge is -2.07. The van der Waals surface area contributed by atoms with Crippen LogP contribution in [0.15, 0.2) is 27.8 Å². The zero-order valence-electron chi connectivity index (χ0n) is 12.8. The molecule has 0 unspecified atom stereocenters. The van der Waals surface area contributed by atoms with Gasteiger partial charge >= 0.3 is 0 Å². The van der Waals surface area contributed by atoms with Gasteiger partial charge in [-0.1, -0.05) is 11.8 Å². The highest BCUT2D eigenvalue weighted by atomic mass is 32.2. The molecule has 1 amide bonds. The Bertz CT molecular complexity index is 635. The van der Waals surface area contributed by atoms with Crippen LogP contribution in [-0.4, -0.2) is 55.1 Å². The molecule has 2 aromatic rings. The SMILES string of the molecule is COc1cc(OC)cc(-c2nnc(SCC(=O)N(C)C)o2)c1. The third-order valence-electron chi connectivity index (χ3n) is 2.82. The molecule has 1 aromatic carbocycles. The van der Waals surface area contributed by atoms with Crippen molar-refractivity contribution in [3.8, 4) is 23.0 Å². The molecule has 2 rings (SSSR count). The maximum Gasteiger partial charge on any atom is 0.277 e. The number of carbonyl (C=O) groups excluding carboxylic acids is 1. The molecule has 0 atom stereocenters. The number of amides is 1. The molecule has 0 radical (unpaired) electrons. The quantitative estimate of drug-likeness (QED) is 0.752. The van der Waals surface area contributed by atoms with E-state index in [1.807, 2.05) is 0 Å². The summed E-state index contributed by atoms with van der Waals surface area (Å²) in [6.07, 6.45) is 0. The van der Waals surface area contributed by atoms with Gasteiger partial charge in [0.05, 0.1) is 20.0 Å². The Morgan fingerprint density at radius 2 is 1.82 bits per heavy atom. The largest absolute Gasteiger partial charge is 0.497 e. The number of aromatic nitrogens is 2. The summed E-state index contributed by atoms with van der Waals surface area (Å²) in [4.78, 5) is 13.1. The molecule has 0 aliphatic carbocycles. The molecule has 22 heavy (non-hydrogen) atoms. The molecule has 0 saturated carbocycles. The predicted octanol–water partition coefficient (Wildman–Crippen LogP) is 1.93. The van der Waals surface area contributed by atoms with Crippen LogP contribution >= 0.6 is 11.8 Å². The molecule has 7 nitrogen and oxygen atoms in total. The molecule has 8 heteroatoms. The molecule has 0 aliphatic heterocycles. The number of thioether (sulfide) groups is 1. The van der Waals surface area contributed by atoms with Crippen LogP contribution in [0.1, 0.15) is 0 Å². The lowest BCUT2D eigenvalue weighted by atomic mass is 10.2. The minimum Gasteiger partial charge on any atom is -0.497 e. The minimum atomic E-state index is -0.0206. The third kappa shape index (κ3) is 3.91. The van der Waals surface area contributed by atoms with E-state index >= 15 is 0 Å². The van der Waals surface area contributed by atoms with Crippen LogP contribution < -0.4 is 9.47 Å². The highest BCUT2D eigenvalue weighted by Crippen LogP contribution is 2.30. The van der Waals surface area contributed by atoms with Gasteiger partial charge in [-0.2, -0.15) is 0 Å². The maximum absolute atomic E-state index is 11.5. The zero-order valence-corrected chi connectivity index (χ0v) is 13.6. The Morgan fingerprint density at radius 3 is 2.36 bits per heavy atom. The first-order valence-corrected chi connectivity index (χ1v) is 7.42. The van der Waals surface area contributed by atoms with E-state index in [0.29, 0.717) is 28.2 Å². The Hall–Kier alpha value is -2.22. The van der Waals surface area contributed by atoms with E-state index in [1.54, 1.807) is 46.5 Å². The minimum absolute atomic E-state index is 0.0206. The molecule has 1 aromatic heterocycles. The Kier molecular flexibility index (Phi) is 5.26. The molecule has 0 bridgehead atoms. The second-order valence-electron chi connectivity index (χ2n) is 4.55. The molecule has 0 aliphatic rings. The van der Waals surface area contributed by atoms with Crippen molar-refractivity contribution in [1.82, 2.24) is 15.1 Å². The summed E-state index contributed by atoms with van der Waals surface area (Å²) in [6.45, 7) is 0. The number of hydrogen-bond acceptors (Lipinski definition) is 7. The van der Waals surface area contributed by atoms with Gasteiger partial charge in [0.25, 0.3) is 5.22 Å². The number of carbonyl (C=O) groups is 1. The van der Waals surface area contributed by atoms with Gasteiger partial charge in [-0.15, -0.1) is 10.2 Å². The fourth-order valence-electron chi connectivity index (χ4n) is 1.57. The standard InChI is InChI=1S/C14H17N3O4S/c1-17(2)12(18)8-22-14-16-15-13(21-14)9-5-10(19-3)7-11(6-9)20-4/h5-7H,8H2,1-4H3. The Morgan fingerprint density at radius 1 is 1.18 bits per heavy atom. The van der Waals surface area contributed by atoms with Gasteiger partial charge in [0.2, 0.25) is 11.8 Å². The second-order valence-corrected chi connectivity index (χ2v) is 5.48. The average Bonchev–Trinajstić information content (AvgIpc) is 3.00. The van der Waals surface area contributed by atoms with Gasteiger partial charge in [0, 0.05) is 25.7 Å². The lowest BCUT2D eigenvalue weighted by Crippen LogP contribution is -2.23. The molecular weight excluding hydrogens is 306 g/mol. The summed E-state index contributed by atoms with van der Waals surface area (Å²) in [5.41, 5.74) is 0.689. The van der Waals surface area contributed by atoms with Gasteiger partial charge in [0.1, 0.15) is 11.5 Å². The summed E-state index contributed by atoms with van der Waals surface area (Å²) < 4.78 is 16.0. The van der Waals surface area contributed by atoms with Crippen molar-refractivity contribution in [2.75, 3.05) is 34.1 Å². The molecule has 0 fully saturated rings. The van der Waals surface area contributed by atoms with Crippen molar-refractivity contribution in [1.29, 1.82) is 0 Å². The highest BCUT2D eigenvalue weighted by molar-refractivity contribution is 7.99. The van der Waals surface area contributed by atoms with Crippen LogP contribution in [0.4, 0.5) is 0 Å². The number of rotatable bonds is 6. The summed E-state index contributed by atoms with van der Waals surface area (Å²) in [5.74, 6) is 1.83. The van der Waals surface area contributed by atoms with Crippen LogP contribution in [0, 0.1) is 0 Å². The van der Waals surface area contributed by atoms with E-state index in [1.165, 1.54) is 16.7 Å². The van der Waals surface area contributed by atoms with E-state index < -0.39 is 0 Å². The predicted molar refractivity (Wildman–Crippen MR) is 82.3 cm³/mol. The van der Waals surface area contributed by atoms with E-state index in [2.05, 4.69) is 10.2 Å². The van der Waals surface area contributed by atoms with Gasteiger partial charge in [-0.05, 0) is 12.1 Å². The number of ether oxygens (including phenoxy) is 2. The maximum atomic E-state index is 11.5. The van der Waals surface area contributed by atoms with Gasteiger partial charge in [-0.25, -0.2) is 0 Å². The summed E-state index contributed by atoms with van der Waals surface area (Å²) in [7, 11) is 6.54. The molecule has 0 spiro atoms. The first kappa shape index (κ1) is 16.2. The highest BCUT2D eigenvalue weighted by Gasteiger charge is 2.13. The topological polar surface area (TPSA) is 77.7 Å². The zero-order chi connectivity index (χ0) is 16.1. The molecular formula is C14H17N3O4S. The molecule has 0 saturated heterocycles. The first-order chi connectivity index (χ1) is 10.5. The van der Waals surface area contributed by atoms with Gasteiger partial charge in [0.15, 0.2) is 0 Å². The van der Waals surface area contributed by atoms with Crippen LogP contribution in [0.25, 0.3) is 11.5 Å². The lowest BCUT2D eigenvalue weighted by molar-refractivity contribution is -0.125. The summed E-state index contributed by atoms with van der Waals surface area (Å²) in [6, 6.07) is 5.30. The number of hydrogen-bond donors (Lipinski definition) is 0. The monoisotopic (exact) mass is 323 g/mol. The van der Waals surface area contributed by atoms with Crippen molar-refractivity contribution in [3.05, 3.63) is 18.2 Å². The molecule has 118 valence electrons. The fourth-order valence-corrected chi connectivity index (χ4v) is 2.31. The van der Waals surface area contributed by atoms with Gasteiger partial charge in [-0.3, -0.25) is 4.79 Å². The smallest absolute Gasteiger partial charge is 0.277 e. The van der Waals surface area contributed by atoms with Crippen LogP contribution in [-0.2, 0) is 4.79 Å². The Labute approximate surface area is 132 Å². The summed E-state index contributed by atoms with van der Waals surface area (Å²) >= 11 is 1.20. The number of benzene rings is 1. The molecule has 0 N–H and O–H groups in total. The van der Waals surface area contributed by atoms with E-state index in [-0.39, 0.29) is 11.7 Å². The van der Waals surface area contributed by atoms with Gasteiger partial charge < -0.3 is 18.8 Å². The van der Waals surface area contributed by atoms with E-state index in [4.69, 9.17) is 13.9 Å². The van der Waals surface area contributed by atoms with Crippen LogP contribution in [0.3, 0.4) is 0 Å². The van der Waals surface area contributed by atoms with Crippen molar-refractivity contribution in [2.45, 2.75) is 5.22 Å². The second kappa shape index (κ2) is 7.17. The average molecular weight is 323 g/mol. The van der Waals surface area contributed by atoms with E-state index in [9.17, 15) is 4.79 Å². The first-order valence-electron chi connectivity index (χ1n) is 6.43. The summed E-state index contributed by atoms with van der Waals surface area (Å²) in [5, 5.41) is 8.26. The van der Waals surface area contributed by atoms with Crippen molar-refractivity contribution < 1.29 is 18.7 Å². The van der Waals surface area contributed by atoms with Crippen molar-refractivity contribution in [3.63, 3.8) is 0 Å². The number of nitrogens with zero attached hydrogens (tertiary/aromatic N) is 3. The Balaban J connectivity index is 2.15. The fraction of sp³-hybridized carbons (Fsp3) is 0.357. The number of methoxy groups -OCH3 is 2. The third-order valence-corrected chi connectivity index (χ3v) is 3.63.